The summed E-state index contributed by atoms with van der Waals surface area (Å²) in [6.45, 7) is 1.58. The molecule has 1 saturated heterocycles. The maximum absolute atomic E-state index is 12.6. The van der Waals surface area contributed by atoms with Gasteiger partial charge in [-0.05, 0) is 31.5 Å². The minimum Gasteiger partial charge on any atom is -0.368 e. The van der Waals surface area contributed by atoms with Crippen LogP contribution in [0.25, 0.3) is 0 Å². The summed E-state index contributed by atoms with van der Waals surface area (Å²) in [5.41, 5.74) is 0.497. The molecule has 6 heteroatoms. The molecule has 0 radical (unpaired) electrons. The lowest BCUT2D eigenvalue weighted by atomic mass is 9.91. The third-order valence-corrected chi connectivity index (χ3v) is 5.12. The maximum atomic E-state index is 12.6. The largest absolute Gasteiger partial charge is 0.368 e. The van der Waals surface area contributed by atoms with E-state index in [0.29, 0.717) is 18.0 Å². The Labute approximate surface area is 140 Å². The molecule has 1 amide bonds. The van der Waals surface area contributed by atoms with Crippen molar-refractivity contribution in [2.75, 3.05) is 25.5 Å². The van der Waals surface area contributed by atoms with E-state index in [9.17, 15) is 4.79 Å². The van der Waals surface area contributed by atoms with E-state index in [2.05, 4.69) is 27.8 Å². The van der Waals surface area contributed by atoms with Crippen molar-refractivity contribution < 1.29 is 9.53 Å². The Morgan fingerprint density at radius 1 is 1.35 bits per heavy atom. The number of piperidine rings is 1. The average molecular weight is 331 g/mol. The second-order valence-electron chi connectivity index (χ2n) is 5.70. The van der Waals surface area contributed by atoms with E-state index in [-0.39, 0.29) is 5.91 Å². The third-order valence-electron chi connectivity index (χ3n) is 4.21. The molecule has 0 saturated carbocycles. The van der Waals surface area contributed by atoms with Gasteiger partial charge in [0, 0.05) is 24.6 Å². The number of methoxy groups -OCH3 is 1. The van der Waals surface area contributed by atoms with Gasteiger partial charge in [-0.1, -0.05) is 30.3 Å². The molecular formula is C17H21N3O2S. The van der Waals surface area contributed by atoms with Gasteiger partial charge in [0.15, 0.2) is 5.13 Å². The first kappa shape index (κ1) is 16.1. The van der Waals surface area contributed by atoms with E-state index >= 15 is 0 Å². The molecule has 1 aliphatic heterocycles. The van der Waals surface area contributed by atoms with Crippen LogP contribution in [0.2, 0.25) is 0 Å². The summed E-state index contributed by atoms with van der Waals surface area (Å²) in [6.07, 6.45) is 4.01. The van der Waals surface area contributed by atoms with Crippen molar-refractivity contribution >= 4 is 22.4 Å². The molecule has 0 bridgehead atoms. The number of anilines is 1. The Morgan fingerprint density at radius 2 is 2.09 bits per heavy atom. The van der Waals surface area contributed by atoms with Crippen LogP contribution in [-0.2, 0) is 16.0 Å². The Bertz CT molecular complexity index is 651. The highest BCUT2D eigenvalue weighted by Gasteiger charge is 2.40. The van der Waals surface area contributed by atoms with Crippen molar-refractivity contribution in [3.8, 4) is 0 Å². The number of carbonyl (C=O) groups is 1. The van der Waals surface area contributed by atoms with Crippen LogP contribution < -0.4 is 10.6 Å². The van der Waals surface area contributed by atoms with Crippen molar-refractivity contribution in [3.05, 3.63) is 47.0 Å². The minimum absolute atomic E-state index is 0.0953. The van der Waals surface area contributed by atoms with Crippen LogP contribution in [0, 0.1) is 0 Å². The zero-order valence-electron chi connectivity index (χ0n) is 13.2. The predicted molar refractivity (Wildman–Crippen MR) is 91.8 cm³/mol. The van der Waals surface area contributed by atoms with Crippen molar-refractivity contribution in [3.63, 3.8) is 0 Å². The smallest absolute Gasteiger partial charge is 0.258 e. The first-order chi connectivity index (χ1) is 11.2. The number of nitrogens with zero attached hydrogens (tertiary/aromatic N) is 1. The van der Waals surface area contributed by atoms with E-state index in [1.165, 1.54) is 16.9 Å². The molecule has 2 heterocycles. The molecule has 0 unspecified atom stereocenters. The molecule has 2 N–H and O–H groups in total. The normalized spacial score (nSPS) is 16.9. The molecule has 2 aromatic rings. The number of rotatable bonds is 5. The molecule has 1 aromatic carbocycles. The van der Waals surface area contributed by atoms with Gasteiger partial charge in [-0.25, -0.2) is 4.98 Å². The number of nitrogens with one attached hydrogen (secondary N) is 2. The number of hydrogen-bond donors (Lipinski definition) is 2. The van der Waals surface area contributed by atoms with Crippen molar-refractivity contribution in [1.29, 1.82) is 0 Å². The predicted octanol–water partition coefficient (Wildman–Crippen LogP) is 2.44. The number of thiazole rings is 1. The number of aromatic nitrogens is 1. The van der Waals surface area contributed by atoms with E-state index < -0.39 is 5.60 Å². The van der Waals surface area contributed by atoms with Crippen LogP contribution >= 0.6 is 11.3 Å². The number of amides is 1. The molecule has 23 heavy (non-hydrogen) atoms. The van der Waals surface area contributed by atoms with Gasteiger partial charge in [0.25, 0.3) is 5.91 Å². The van der Waals surface area contributed by atoms with Crippen LogP contribution in [-0.4, -0.2) is 36.7 Å². The van der Waals surface area contributed by atoms with Gasteiger partial charge < -0.3 is 10.1 Å². The Morgan fingerprint density at radius 3 is 2.78 bits per heavy atom. The van der Waals surface area contributed by atoms with Gasteiger partial charge in [0.05, 0.1) is 0 Å². The summed E-state index contributed by atoms with van der Waals surface area (Å²) in [5, 5.41) is 6.81. The van der Waals surface area contributed by atoms with Crippen LogP contribution in [0.4, 0.5) is 5.13 Å². The van der Waals surface area contributed by atoms with Gasteiger partial charge in [-0.2, -0.15) is 0 Å². The van der Waals surface area contributed by atoms with E-state index in [1.807, 2.05) is 24.4 Å². The van der Waals surface area contributed by atoms with Crippen LogP contribution in [0.15, 0.2) is 36.5 Å². The van der Waals surface area contributed by atoms with Gasteiger partial charge >= 0.3 is 0 Å². The Hall–Kier alpha value is -1.76. The Kier molecular flexibility index (Phi) is 5.05. The summed E-state index contributed by atoms with van der Waals surface area (Å²) in [7, 11) is 1.60. The fraction of sp³-hybridized carbons (Fsp3) is 0.412. The average Bonchev–Trinajstić information content (AvgIpc) is 3.03. The minimum atomic E-state index is -0.740. The number of ether oxygens (including phenoxy) is 1. The molecule has 122 valence electrons. The highest BCUT2D eigenvalue weighted by Crippen LogP contribution is 2.27. The SMILES string of the molecule is COC1(C(=O)Nc2ncc(Cc3ccccc3)s2)CCNCC1. The summed E-state index contributed by atoms with van der Waals surface area (Å²) in [6, 6.07) is 10.2. The number of benzene rings is 1. The molecule has 5 nitrogen and oxygen atoms in total. The number of hydrogen-bond acceptors (Lipinski definition) is 5. The Balaban J connectivity index is 1.65. The molecular weight excluding hydrogens is 310 g/mol. The zero-order chi connectivity index (χ0) is 16.1. The quantitative estimate of drug-likeness (QED) is 0.883. The summed E-state index contributed by atoms with van der Waals surface area (Å²) < 4.78 is 5.54. The molecule has 0 atom stereocenters. The van der Waals surface area contributed by atoms with Gasteiger partial charge in [-0.15, -0.1) is 11.3 Å². The molecule has 1 aliphatic rings. The zero-order valence-corrected chi connectivity index (χ0v) is 14.0. The molecule has 3 rings (SSSR count). The molecule has 0 spiro atoms. The monoisotopic (exact) mass is 331 g/mol. The second-order valence-corrected chi connectivity index (χ2v) is 6.81. The third kappa shape index (κ3) is 3.77. The van der Waals surface area contributed by atoms with Crippen molar-refractivity contribution in [2.24, 2.45) is 0 Å². The number of carbonyl (C=O) groups excluding carboxylic acids is 1. The van der Waals surface area contributed by atoms with Crippen molar-refractivity contribution in [2.45, 2.75) is 24.9 Å². The molecule has 1 aromatic heterocycles. The van der Waals surface area contributed by atoms with Crippen molar-refractivity contribution in [1.82, 2.24) is 10.3 Å². The fourth-order valence-electron chi connectivity index (χ4n) is 2.81. The summed E-state index contributed by atoms with van der Waals surface area (Å²) >= 11 is 1.51. The highest BCUT2D eigenvalue weighted by molar-refractivity contribution is 7.15. The van der Waals surface area contributed by atoms with E-state index in [0.717, 1.165) is 24.4 Å². The van der Waals surface area contributed by atoms with E-state index in [1.54, 1.807) is 7.11 Å². The van der Waals surface area contributed by atoms with Gasteiger partial charge in [-0.3, -0.25) is 10.1 Å². The first-order valence-corrected chi connectivity index (χ1v) is 8.59. The molecule has 1 fully saturated rings. The standard InChI is InChI=1S/C17H21N3O2S/c1-22-17(7-9-18-10-8-17)15(21)20-16-19-12-14(23-16)11-13-5-3-2-4-6-13/h2-6,12,18H,7-11H2,1H3,(H,19,20,21). The summed E-state index contributed by atoms with van der Waals surface area (Å²) in [4.78, 5) is 18.0. The topological polar surface area (TPSA) is 63.2 Å². The fourth-order valence-corrected chi connectivity index (χ4v) is 3.65. The van der Waals surface area contributed by atoms with E-state index in [4.69, 9.17) is 4.74 Å². The lowest BCUT2D eigenvalue weighted by Crippen LogP contribution is -2.51. The van der Waals surface area contributed by atoms with Crippen LogP contribution in [0.5, 0.6) is 0 Å². The van der Waals surface area contributed by atoms with Crippen LogP contribution in [0.1, 0.15) is 23.3 Å². The maximum Gasteiger partial charge on any atom is 0.258 e. The van der Waals surface area contributed by atoms with Gasteiger partial charge in [0.1, 0.15) is 5.60 Å². The van der Waals surface area contributed by atoms with Gasteiger partial charge in [0.2, 0.25) is 0 Å². The lowest BCUT2D eigenvalue weighted by molar-refractivity contribution is -0.140. The van der Waals surface area contributed by atoms with Crippen LogP contribution in [0.3, 0.4) is 0 Å². The second kappa shape index (κ2) is 7.21. The first-order valence-electron chi connectivity index (χ1n) is 7.78. The lowest BCUT2D eigenvalue weighted by Gasteiger charge is -2.34. The molecule has 0 aliphatic carbocycles. The summed E-state index contributed by atoms with van der Waals surface area (Å²) in [5.74, 6) is -0.0953. The highest BCUT2D eigenvalue weighted by atomic mass is 32.1.